The summed E-state index contributed by atoms with van der Waals surface area (Å²) in [6.45, 7) is 9.57. The Balaban J connectivity index is 0.942. The highest BCUT2D eigenvalue weighted by Gasteiger charge is 2.38. The maximum Gasteiger partial charge on any atom is 0.0541 e. The summed E-state index contributed by atoms with van der Waals surface area (Å²) in [5, 5.41) is 5.11. The highest BCUT2D eigenvalue weighted by atomic mass is 15.1. The molecule has 2 aliphatic rings. The van der Waals surface area contributed by atoms with Crippen LogP contribution in [0.2, 0.25) is 0 Å². The van der Waals surface area contributed by atoms with E-state index in [0.29, 0.717) is 0 Å². The first-order valence-corrected chi connectivity index (χ1v) is 21.2. The zero-order chi connectivity index (χ0) is 40.3. The number of nitrogens with zero attached hydrogens (tertiary/aromatic N) is 2. The van der Waals surface area contributed by atoms with Crippen LogP contribution in [0, 0.1) is 0 Å². The topological polar surface area (TPSA) is 8.17 Å². The van der Waals surface area contributed by atoms with Gasteiger partial charge in [0.15, 0.2) is 0 Å². The van der Waals surface area contributed by atoms with Gasteiger partial charge < -0.3 is 9.47 Å². The van der Waals surface area contributed by atoms with E-state index >= 15 is 0 Å². The van der Waals surface area contributed by atoms with Crippen molar-refractivity contribution in [1.29, 1.82) is 0 Å². The molecule has 286 valence electrons. The predicted octanol–water partition coefficient (Wildman–Crippen LogP) is 15.7. The van der Waals surface area contributed by atoms with Gasteiger partial charge in [-0.1, -0.05) is 149 Å². The molecular weight excluding hydrogens is 725 g/mol. The summed E-state index contributed by atoms with van der Waals surface area (Å²) in [6, 6.07) is 72.3. The molecule has 0 bridgehead atoms. The third-order valence-corrected chi connectivity index (χ3v) is 13.8. The maximum atomic E-state index is 2.45. The third-order valence-electron chi connectivity index (χ3n) is 13.8. The van der Waals surface area contributed by atoms with Crippen molar-refractivity contribution in [3.05, 3.63) is 216 Å². The number of hydrogen-bond acceptors (Lipinski definition) is 1. The Kier molecular flexibility index (Phi) is 7.36. The van der Waals surface area contributed by atoms with Crippen LogP contribution < -0.4 is 4.90 Å². The van der Waals surface area contributed by atoms with Gasteiger partial charge in [-0.15, -0.1) is 0 Å². The first-order chi connectivity index (χ1) is 29.3. The van der Waals surface area contributed by atoms with E-state index in [-0.39, 0.29) is 10.8 Å². The normalized spacial score (nSPS) is 14.3. The minimum absolute atomic E-state index is 0.175. The summed E-state index contributed by atoms with van der Waals surface area (Å²) in [5.41, 5.74) is 20.0. The lowest BCUT2D eigenvalue weighted by Gasteiger charge is -2.29. The minimum atomic E-state index is -0.206. The van der Waals surface area contributed by atoms with Gasteiger partial charge in [-0.3, -0.25) is 0 Å². The number of benzene rings is 9. The molecule has 0 spiro atoms. The van der Waals surface area contributed by atoms with E-state index in [1.807, 2.05) is 0 Å². The minimum Gasteiger partial charge on any atom is -0.310 e. The lowest BCUT2D eigenvalue weighted by molar-refractivity contribution is 0.659. The Morgan fingerprint density at radius 2 is 0.817 bits per heavy atom. The van der Waals surface area contributed by atoms with E-state index in [9.17, 15) is 0 Å². The summed E-state index contributed by atoms with van der Waals surface area (Å²) >= 11 is 0. The molecule has 0 amide bonds. The number of anilines is 3. The fraction of sp³-hybridized carbons (Fsp3) is 0.103. The molecule has 1 aromatic heterocycles. The van der Waals surface area contributed by atoms with E-state index in [1.165, 1.54) is 93.9 Å². The number of hydrogen-bond donors (Lipinski definition) is 0. The standard InChI is InChI=1S/C58H44N2/c1-57(2)51-33-40(39-23-22-37-14-8-9-15-38(37)32-39)24-28-45(51)46-29-25-42(34-52(46)57)59(41-16-6-5-7-17-41)43-26-30-47-48-31-27-44(36-54(48)58(3,4)53(47)35-43)60-55-20-12-10-18-49(55)50-19-11-13-21-56(50)60/h5-36H,1-4H3. The number of para-hydroxylation sites is 3. The first-order valence-electron chi connectivity index (χ1n) is 21.2. The summed E-state index contributed by atoms with van der Waals surface area (Å²) < 4.78 is 2.43. The predicted molar refractivity (Wildman–Crippen MR) is 254 cm³/mol. The largest absolute Gasteiger partial charge is 0.310 e. The lowest BCUT2D eigenvalue weighted by Crippen LogP contribution is -2.18. The number of fused-ring (bicyclic) bond motifs is 10. The monoisotopic (exact) mass is 768 g/mol. The van der Waals surface area contributed by atoms with Crippen molar-refractivity contribution in [3.63, 3.8) is 0 Å². The van der Waals surface area contributed by atoms with Crippen LogP contribution in [-0.4, -0.2) is 4.57 Å². The van der Waals surface area contributed by atoms with E-state index in [0.717, 1.165) is 17.1 Å². The van der Waals surface area contributed by atoms with Crippen LogP contribution in [0.3, 0.4) is 0 Å². The number of rotatable bonds is 5. The second kappa shape index (κ2) is 12.7. The zero-order valence-corrected chi connectivity index (χ0v) is 34.4. The Labute approximate surface area is 351 Å². The molecule has 2 heteroatoms. The van der Waals surface area contributed by atoms with Gasteiger partial charge in [-0.25, -0.2) is 0 Å². The first kappa shape index (κ1) is 34.8. The third kappa shape index (κ3) is 5.01. The quantitative estimate of drug-likeness (QED) is 0.169. The molecule has 1 heterocycles. The molecule has 0 atom stereocenters. The van der Waals surface area contributed by atoms with Crippen molar-refractivity contribution < 1.29 is 0 Å². The van der Waals surface area contributed by atoms with Gasteiger partial charge in [0, 0.05) is 44.4 Å². The Morgan fingerprint density at radius 3 is 1.45 bits per heavy atom. The van der Waals surface area contributed by atoms with Crippen LogP contribution in [0.1, 0.15) is 49.9 Å². The highest BCUT2D eigenvalue weighted by Crippen LogP contribution is 2.54. The van der Waals surface area contributed by atoms with Crippen molar-refractivity contribution in [1.82, 2.24) is 4.57 Å². The molecule has 0 aliphatic heterocycles. The van der Waals surface area contributed by atoms with Crippen molar-refractivity contribution in [2.24, 2.45) is 0 Å². The van der Waals surface area contributed by atoms with Gasteiger partial charge >= 0.3 is 0 Å². The SMILES string of the molecule is CC1(C)c2cc(-c3ccc4ccccc4c3)ccc2-c2ccc(N(c3ccccc3)c3ccc4c(c3)C(C)(C)c3cc(-n5c6ccccc6c6ccccc65)ccc3-4)cc21. The molecule has 60 heavy (non-hydrogen) atoms. The smallest absolute Gasteiger partial charge is 0.0541 e. The Hall–Kier alpha value is -7.16. The van der Waals surface area contributed by atoms with Crippen molar-refractivity contribution >= 4 is 49.6 Å². The molecule has 0 unspecified atom stereocenters. The molecule has 10 aromatic rings. The van der Waals surface area contributed by atoms with Crippen LogP contribution in [0.5, 0.6) is 0 Å². The van der Waals surface area contributed by atoms with Gasteiger partial charge in [0.25, 0.3) is 0 Å². The molecule has 9 aromatic carbocycles. The van der Waals surface area contributed by atoms with Gasteiger partial charge in [0.1, 0.15) is 0 Å². The second-order valence-corrected chi connectivity index (χ2v) is 17.8. The van der Waals surface area contributed by atoms with Gasteiger partial charge in [0.2, 0.25) is 0 Å². The van der Waals surface area contributed by atoms with E-state index < -0.39 is 0 Å². The highest BCUT2D eigenvalue weighted by molar-refractivity contribution is 6.09. The molecule has 2 nitrogen and oxygen atoms in total. The summed E-state index contributed by atoms with van der Waals surface area (Å²) in [6.07, 6.45) is 0. The van der Waals surface area contributed by atoms with E-state index in [4.69, 9.17) is 0 Å². The summed E-state index contributed by atoms with van der Waals surface area (Å²) in [5.74, 6) is 0. The second-order valence-electron chi connectivity index (χ2n) is 17.8. The molecule has 2 aliphatic carbocycles. The molecule has 0 N–H and O–H groups in total. The average molecular weight is 769 g/mol. The Morgan fingerprint density at radius 1 is 0.350 bits per heavy atom. The molecule has 0 fully saturated rings. The lowest BCUT2D eigenvalue weighted by atomic mass is 9.81. The molecule has 0 saturated carbocycles. The zero-order valence-electron chi connectivity index (χ0n) is 34.4. The van der Waals surface area contributed by atoms with Crippen molar-refractivity contribution in [3.8, 4) is 39.1 Å². The summed E-state index contributed by atoms with van der Waals surface area (Å²) in [4.78, 5) is 2.45. The summed E-state index contributed by atoms with van der Waals surface area (Å²) in [7, 11) is 0. The molecule has 12 rings (SSSR count). The molecule has 0 saturated heterocycles. The van der Waals surface area contributed by atoms with Crippen LogP contribution in [0.4, 0.5) is 17.1 Å². The van der Waals surface area contributed by atoms with Crippen molar-refractivity contribution in [2.75, 3.05) is 4.90 Å². The Bertz CT molecular complexity index is 3330. The van der Waals surface area contributed by atoms with Crippen LogP contribution in [0.15, 0.2) is 194 Å². The molecular formula is C58H44N2. The van der Waals surface area contributed by atoms with Crippen LogP contribution in [-0.2, 0) is 10.8 Å². The van der Waals surface area contributed by atoms with Gasteiger partial charge in [-0.2, -0.15) is 0 Å². The fourth-order valence-corrected chi connectivity index (χ4v) is 10.6. The van der Waals surface area contributed by atoms with Crippen LogP contribution >= 0.6 is 0 Å². The maximum absolute atomic E-state index is 2.45. The van der Waals surface area contributed by atoms with Gasteiger partial charge in [-0.05, 0) is 139 Å². The van der Waals surface area contributed by atoms with E-state index in [2.05, 4.69) is 231 Å². The van der Waals surface area contributed by atoms with Crippen LogP contribution in [0.25, 0.3) is 71.6 Å². The van der Waals surface area contributed by atoms with Crippen molar-refractivity contribution in [2.45, 2.75) is 38.5 Å². The van der Waals surface area contributed by atoms with Gasteiger partial charge in [0.05, 0.1) is 11.0 Å². The average Bonchev–Trinajstić information content (AvgIpc) is 3.83. The molecule has 0 radical (unpaired) electrons. The fourth-order valence-electron chi connectivity index (χ4n) is 10.6. The number of aromatic nitrogens is 1. The van der Waals surface area contributed by atoms with E-state index in [1.54, 1.807) is 0 Å².